The fourth-order valence-electron chi connectivity index (χ4n) is 1.26. The van der Waals surface area contributed by atoms with Crippen molar-refractivity contribution in [3.8, 4) is 0 Å². The quantitative estimate of drug-likeness (QED) is 0.922. The van der Waals surface area contributed by atoms with E-state index in [0.29, 0.717) is 0 Å². The molecule has 1 N–H and O–H groups in total. The Balaban J connectivity index is 3.14. The van der Waals surface area contributed by atoms with Crippen molar-refractivity contribution in [3.05, 3.63) is 33.8 Å². The summed E-state index contributed by atoms with van der Waals surface area (Å²) in [5.74, 6) is -1.52. The molecule has 0 radical (unpaired) electrons. The molecule has 0 aromatic heterocycles. The molecule has 0 aliphatic heterocycles. The molecule has 1 rings (SSSR count). The van der Waals surface area contributed by atoms with Gasteiger partial charge in [0.1, 0.15) is 6.61 Å². The van der Waals surface area contributed by atoms with Gasteiger partial charge >= 0.3 is 12.1 Å². The lowest BCUT2D eigenvalue weighted by Crippen LogP contribution is -2.26. The molecule has 1 aromatic carbocycles. The standard InChI is InChI=1S/C10H7Cl2F3O3/c11-5-2-1-3-6(12)8(5)9(10(13,14)15)18-4-7(16)17/h1-3,9H,4H2,(H,16,17)/t9-/m0/s1. The average Bonchev–Trinajstić information content (AvgIpc) is 2.20. The van der Waals surface area contributed by atoms with Crippen molar-refractivity contribution in [2.75, 3.05) is 6.61 Å². The fourth-order valence-corrected chi connectivity index (χ4v) is 1.85. The molecule has 0 fully saturated rings. The first-order valence-electron chi connectivity index (χ1n) is 4.57. The number of carboxylic acids is 1. The van der Waals surface area contributed by atoms with Gasteiger partial charge in [-0.2, -0.15) is 13.2 Å². The van der Waals surface area contributed by atoms with Crippen molar-refractivity contribution in [1.82, 2.24) is 0 Å². The third-order valence-electron chi connectivity index (χ3n) is 1.93. The molecule has 0 amide bonds. The Kier molecular flexibility index (Phi) is 4.84. The van der Waals surface area contributed by atoms with Gasteiger partial charge in [-0.1, -0.05) is 29.3 Å². The van der Waals surface area contributed by atoms with E-state index in [1.807, 2.05) is 0 Å². The van der Waals surface area contributed by atoms with Crippen LogP contribution in [0.15, 0.2) is 18.2 Å². The first kappa shape index (κ1) is 15.1. The lowest BCUT2D eigenvalue weighted by molar-refractivity contribution is -0.225. The Bertz CT molecular complexity index is 428. The number of hydrogen-bond donors (Lipinski definition) is 1. The third kappa shape index (κ3) is 3.76. The summed E-state index contributed by atoms with van der Waals surface area (Å²) in [7, 11) is 0. The van der Waals surface area contributed by atoms with Crippen molar-refractivity contribution >= 4 is 29.2 Å². The molecule has 3 nitrogen and oxygen atoms in total. The highest BCUT2D eigenvalue weighted by molar-refractivity contribution is 6.36. The van der Waals surface area contributed by atoms with Crippen molar-refractivity contribution < 1.29 is 27.8 Å². The van der Waals surface area contributed by atoms with Gasteiger partial charge < -0.3 is 9.84 Å². The normalized spacial score (nSPS) is 13.4. The van der Waals surface area contributed by atoms with E-state index in [1.165, 1.54) is 18.2 Å². The minimum Gasteiger partial charge on any atom is -0.480 e. The molecule has 1 aromatic rings. The van der Waals surface area contributed by atoms with Gasteiger partial charge in [-0.15, -0.1) is 0 Å². The summed E-state index contributed by atoms with van der Waals surface area (Å²) in [4.78, 5) is 10.3. The minimum absolute atomic E-state index is 0.241. The third-order valence-corrected chi connectivity index (χ3v) is 2.59. The SMILES string of the molecule is O=C(O)CO[C@@H](c1c(Cl)cccc1Cl)C(F)(F)F. The highest BCUT2D eigenvalue weighted by Crippen LogP contribution is 2.42. The van der Waals surface area contributed by atoms with E-state index >= 15 is 0 Å². The molecule has 0 unspecified atom stereocenters. The maximum atomic E-state index is 12.8. The largest absolute Gasteiger partial charge is 0.480 e. The molecule has 8 heteroatoms. The first-order chi connectivity index (χ1) is 8.23. The van der Waals surface area contributed by atoms with Crippen LogP contribution in [0.4, 0.5) is 13.2 Å². The zero-order chi connectivity index (χ0) is 13.9. The molecule has 100 valence electrons. The van der Waals surface area contributed by atoms with E-state index < -0.39 is 30.4 Å². The summed E-state index contributed by atoms with van der Waals surface area (Å²) in [5.41, 5.74) is -0.491. The fraction of sp³-hybridized carbons (Fsp3) is 0.300. The Labute approximate surface area is 110 Å². The summed E-state index contributed by atoms with van der Waals surface area (Å²) in [6, 6.07) is 3.80. The van der Waals surface area contributed by atoms with Gasteiger partial charge in [0.25, 0.3) is 0 Å². The average molecular weight is 303 g/mol. The molecule has 0 heterocycles. The molecule has 0 saturated heterocycles. The smallest absolute Gasteiger partial charge is 0.418 e. The van der Waals surface area contributed by atoms with Crippen LogP contribution in [0, 0.1) is 0 Å². The molecule has 0 bridgehead atoms. The van der Waals surface area contributed by atoms with Crippen LogP contribution in [-0.4, -0.2) is 23.9 Å². The lowest BCUT2D eigenvalue weighted by atomic mass is 10.1. The second kappa shape index (κ2) is 5.77. The lowest BCUT2D eigenvalue weighted by Gasteiger charge is -2.22. The van der Waals surface area contributed by atoms with Gasteiger partial charge in [0.2, 0.25) is 0 Å². The van der Waals surface area contributed by atoms with Crippen LogP contribution in [0.5, 0.6) is 0 Å². The Morgan fingerprint density at radius 2 is 1.83 bits per heavy atom. The van der Waals surface area contributed by atoms with Crippen molar-refractivity contribution in [2.24, 2.45) is 0 Å². The zero-order valence-electron chi connectivity index (χ0n) is 8.67. The predicted molar refractivity (Wildman–Crippen MR) is 58.8 cm³/mol. The van der Waals surface area contributed by atoms with Gasteiger partial charge in [-0.05, 0) is 12.1 Å². The monoisotopic (exact) mass is 302 g/mol. The zero-order valence-corrected chi connectivity index (χ0v) is 10.2. The van der Waals surface area contributed by atoms with Crippen LogP contribution in [0.2, 0.25) is 10.0 Å². The van der Waals surface area contributed by atoms with Gasteiger partial charge in [0.15, 0.2) is 6.10 Å². The summed E-state index contributed by atoms with van der Waals surface area (Å²) in [6.45, 7) is -1.11. The molecule has 0 aliphatic rings. The van der Waals surface area contributed by atoms with Crippen molar-refractivity contribution in [1.29, 1.82) is 0 Å². The van der Waals surface area contributed by atoms with Crippen LogP contribution in [-0.2, 0) is 9.53 Å². The van der Waals surface area contributed by atoms with Crippen LogP contribution in [0.1, 0.15) is 11.7 Å². The summed E-state index contributed by atoms with van der Waals surface area (Å²) in [6.07, 6.45) is -7.29. The van der Waals surface area contributed by atoms with Gasteiger partial charge in [-0.3, -0.25) is 0 Å². The van der Waals surface area contributed by atoms with Crippen LogP contribution < -0.4 is 0 Å². The molecule has 0 saturated carbocycles. The highest BCUT2D eigenvalue weighted by Gasteiger charge is 2.44. The Morgan fingerprint density at radius 1 is 1.33 bits per heavy atom. The number of benzene rings is 1. The topological polar surface area (TPSA) is 46.5 Å². The number of halogens is 5. The second-order valence-corrected chi connectivity index (χ2v) is 4.08. The predicted octanol–water partition coefficient (Wildman–Crippen LogP) is 3.70. The number of alkyl halides is 3. The van der Waals surface area contributed by atoms with E-state index in [2.05, 4.69) is 4.74 Å². The maximum Gasteiger partial charge on any atom is 0.418 e. The number of ether oxygens (including phenoxy) is 1. The van der Waals surface area contributed by atoms with E-state index in [9.17, 15) is 18.0 Å². The van der Waals surface area contributed by atoms with Crippen LogP contribution in [0.3, 0.4) is 0 Å². The molecule has 0 aliphatic carbocycles. The second-order valence-electron chi connectivity index (χ2n) is 3.26. The molecular weight excluding hydrogens is 296 g/mol. The molecule has 18 heavy (non-hydrogen) atoms. The number of carboxylic acid groups (broad SMARTS) is 1. The van der Waals surface area contributed by atoms with Gasteiger partial charge in [0, 0.05) is 15.6 Å². The Hall–Kier alpha value is -0.980. The van der Waals surface area contributed by atoms with Crippen LogP contribution in [0.25, 0.3) is 0 Å². The van der Waals surface area contributed by atoms with E-state index in [-0.39, 0.29) is 10.0 Å². The minimum atomic E-state index is -4.82. The summed E-state index contributed by atoms with van der Waals surface area (Å²) < 4.78 is 42.7. The number of rotatable bonds is 4. The van der Waals surface area contributed by atoms with E-state index in [0.717, 1.165) is 0 Å². The number of hydrogen-bond acceptors (Lipinski definition) is 2. The molecule has 1 atom stereocenters. The van der Waals surface area contributed by atoms with Gasteiger partial charge in [-0.25, -0.2) is 4.79 Å². The molecular formula is C10H7Cl2F3O3. The van der Waals surface area contributed by atoms with E-state index in [4.69, 9.17) is 28.3 Å². The summed E-state index contributed by atoms with van der Waals surface area (Å²) in [5, 5.41) is 7.87. The maximum absolute atomic E-state index is 12.8. The number of carbonyl (C=O) groups is 1. The first-order valence-corrected chi connectivity index (χ1v) is 5.33. The van der Waals surface area contributed by atoms with Crippen molar-refractivity contribution in [3.63, 3.8) is 0 Å². The number of aliphatic carboxylic acids is 1. The summed E-state index contributed by atoms with van der Waals surface area (Å²) >= 11 is 11.3. The van der Waals surface area contributed by atoms with Gasteiger partial charge in [0.05, 0.1) is 0 Å². The Morgan fingerprint density at radius 3 is 2.22 bits per heavy atom. The van der Waals surface area contributed by atoms with Crippen molar-refractivity contribution in [2.45, 2.75) is 12.3 Å². The molecule has 0 spiro atoms. The van der Waals surface area contributed by atoms with E-state index in [1.54, 1.807) is 0 Å². The van der Waals surface area contributed by atoms with Crippen LogP contribution >= 0.6 is 23.2 Å². The highest BCUT2D eigenvalue weighted by atomic mass is 35.5.